The molecule has 146 valence electrons. The van der Waals surface area contributed by atoms with E-state index in [-0.39, 0.29) is 11.1 Å². The highest BCUT2D eigenvalue weighted by Gasteiger charge is 2.51. The molecule has 4 fully saturated rings. The SMILES string of the molecule is Nc1c(Nc2ccc(C(=O)O)cc2)ncnc1NC12CC3CC(CC(C3)C1)C2. The van der Waals surface area contributed by atoms with Gasteiger partial charge in [0, 0.05) is 11.2 Å². The lowest BCUT2D eigenvalue weighted by Crippen LogP contribution is -2.55. The van der Waals surface area contributed by atoms with Crippen LogP contribution in [0.25, 0.3) is 0 Å². The summed E-state index contributed by atoms with van der Waals surface area (Å²) in [5.74, 6) is 2.80. The number of nitrogens with zero attached hydrogens (tertiary/aromatic N) is 2. The zero-order valence-electron chi connectivity index (χ0n) is 15.7. The van der Waals surface area contributed by atoms with Crippen LogP contribution in [-0.2, 0) is 0 Å². The van der Waals surface area contributed by atoms with Crippen molar-refractivity contribution in [3.8, 4) is 0 Å². The number of hydrogen-bond acceptors (Lipinski definition) is 6. The third-order valence-corrected chi connectivity index (χ3v) is 6.70. The number of benzene rings is 1. The Morgan fingerprint density at radius 2 is 1.57 bits per heavy atom. The summed E-state index contributed by atoms with van der Waals surface area (Å²) >= 11 is 0. The molecule has 0 amide bonds. The maximum absolute atomic E-state index is 11.0. The molecular formula is C21H25N5O2. The Bertz CT molecular complexity index is 876. The third kappa shape index (κ3) is 3.04. The van der Waals surface area contributed by atoms with E-state index >= 15 is 0 Å². The van der Waals surface area contributed by atoms with Gasteiger partial charge < -0.3 is 21.5 Å². The second kappa shape index (κ2) is 6.36. The van der Waals surface area contributed by atoms with E-state index in [4.69, 9.17) is 10.8 Å². The molecule has 4 saturated carbocycles. The summed E-state index contributed by atoms with van der Waals surface area (Å²) in [6, 6.07) is 6.52. The summed E-state index contributed by atoms with van der Waals surface area (Å²) in [7, 11) is 0. The van der Waals surface area contributed by atoms with Gasteiger partial charge in [-0.15, -0.1) is 0 Å². The van der Waals surface area contributed by atoms with Gasteiger partial charge in [0.25, 0.3) is 0 Å². The number of nitrogens with two attached hydrogens (primary N) is 1. The van der Waals surface area contributed by atoms with E-state index in [9.17, 15) is 4.79 Å². The Morgan fingerprint density at radius 1 is 1.00 bits per heavy atom. The molecule has 2 aromatic rings. The van der Waals surface area contributed by atoms with Gasteiger partial charge in [0.05, 0.1) is 5.56 Å². The van der Waals surface area contributed by atoms with Crippen LogP contribution in [0.3, 0.4) is 0 Å². The van der Waals surface area contributed by atoms with E-state index in [1.165, 1.54) is 44.9 Å². The number of nitrogen functional groups attached to an aromatic ring is 1. The Hall–Kier alpha value is -2.83. The standard InChI is InChI=1S/C21H25N5O2/c22-17-18(25-16-3-1-15(2-4-16)20(27)28)23-11-24-19(17)26-21-8-12-5-13(9-21)7-14(6-12)10-21/h1-4,11-14H,5-10,22H2,(H,27,28)(H2,23,24,25,26). The molecule has 1 heterocycles. The number of aromatic carboxylic acids is 1. The molecule has 1 aromatic carbocycles. The molecule has 1 aromatic heterocycles. The molecule has 4 aliphatic rings. The molecule has 6 rings (SSSR count). The number of carboxylic acids is 1. The first-order valence-corrected chi connectivity index (χ1v) is 9.99. The molecule has 0 saturated heterocycles. The highest BCUT2D eigenvalue weighted by Crippen LogP contribution is 2.56. The zero-order chi connectivity index (χ0) is 19.3. The topological polar surface area (TPSA) is 113 Å². The molecule has 0 aliphatic heterocycles. The number of nitrogens with one attached hydrogen (secondary N) is 2. The van der Waals surface area contributed by atoms with E-state index in [0.717, 1.165) is 23.4 Å². The molecule has 0 atom stereocenters. The van der Waals surface area contributed by atoms with E-state index in [1.54, 1.807) is 24.3 Å². The van der Waals surface area contributed by atoms with Gasteiger partial charge in [-0.05, 0) is 80.5 Å². The van der Waals surface area contributed by atoms with Crippen molar-refractivity contribution in [2.75, 3.05) is 16.4 Å². The van der Waals surface area contributed by atoms with Crippen LogP contribution in [0, 0.1) is 17.8 Å². The van der Waals surface area contributed by atoms with Crippen molar-refractivity contribution in [1.29, 1.82) is 0 Å². The number of carbonyl (C=O) groups is 1. The number of hydrogen-bond donors (Lipinski definition) is 4. The van der Waals surface area contributed by atoms with Crippen molar-refractivity contribution < 1.29 is 9.90 Å². The fourth-order valence-corrected chi connectivity index (χ4v) is 5.94. The van der Waals surface area contributed by atoms with E-state index in [0.29, 0.717) is 17.3 Å². The van der Waals surface area contributed by atoms with Crippen LogP contribution < -0.4 is 16.4 Å². The van der Waals surface area contributed by atoms with E-state index < -0.39 is 5.97 Å². The Kier molecular flexibility index (Phi) is 3.92. The molecule has 0 radical (unpaired) electrons. The van der Waals surface area contributed by atoms with E-state index in [1.807, 2.05) is 0 Å². The normalized spacial score (nSPS) is 30.2. The van der Waals surface area contributed by atoms with Crippen molar-refractivity contribution >= 4 is 29.0 Å². The zero-order valence-corrected chi connectivity index (χ0v) is 15.7. The summed E-state index contributed by atoms with van der Waals surface area (Å²) in [4.78, 5) is 19.7. The van der Waals surface area contributed by atoms with Crippen molar-refractivity contribution in [2.24, 2.45) is 17.8 Å². The van der Waals surface area contributed by atoms with Crippen LogP contribution in [0.15, 0.2) is 30.6 Å². The lowest BCUT2D eigenvalue weighted by molar-refractivity contribution is 0.0106. The average molecular weight is 379 g/mol. The van der Waals surface area contributed by atoms with Gasteiger partial charge in [0.2, 0.25) is 0 Å². The highest BCUT2D eigenvalue weighted by atomic mass is 16.4. The van der Waals surface area contributed by atoms with Crippen LogP contribution in [0.2, 0.25) is 0 Å². The molecule has 28 heavy (non-hydrogen) atoms. The second-order valence-corrected chi connectivity index (χ2v) is 8.81. The minimum absolute atomic E-state index is 0.123. The van der Waals surface area contributed by atoms with Gasteiger partial charge in [-0.25, -0.2) is 14.8 Å². The van der Waals surface area contributed by atoms with Gasteiger partial charge in [-0.1, -0.05) is 0 Å². The van der Waals surface area contributed by atoms with Crippen LogP contribution in [0.1, 0.15) is 48.9 Å². The molecule has 7 heteroatoms. The summed E-state index contributed by atoms with van der Waals surface area (Å²) in [6.45, 7) is 0. The smallest absolute Gasteiger partial charge is 0.335 e. The molecule has 4 aliphatic carbocycles. The van der Waals surface area contributed by atoms with Crippen molar-refractivity contribution in [3.05, 3.63) is 36.2 Å². The molecule has 0 spiro atoms. The fraction of sp³-hybridized carbons (Fsp3) is 0.476. The number of aromatic nitrogens is 2. The van der Waals surface area contributed by atoms with Crippen LogP contribution in [0.4, 0.5) is 23.0 Å². The Labute approximate surface area is 163 Å². The monoisotopic (exact) mass is 379 g/mol. The van der Waals surface area contributed by atoms with Crippen molar-refractivity contribution in [1.82, 2.24) is 9.97 Å². The number of anilines is 4. The summed E-state index contributed by atoms with van der Waals surface area (Å²) < 4.78 is 0. The van der Waals surface area contributed by atoms with Gasteiger partial charge in [-0.3, -0.25) is 0 Å². The Morgan fingerprint density at radius 3 is 2.14 bits per heavy atom. The van der Waals surface area contributed by atoms with E-state index in [2.05, 4.69) is 20.6 Å². The Balaban J connectivity index is 1.36. The first kappa shape index (κ1) is 17.3. The molecule has 5 N–H and O–H groups in total. The van der Waals surface area contributed by atoms with Gasteiger partial charge in [0.15, 0.2) is 11.6 Å². The van der Waals surface area contributed by atoms with Crippen LogP contribution in [-0.4, -0.2) is 26.6 Å². The average Bonchev–Trinajstić information content (AvgIpc) is 2.64. The van der Waals surface area contributed by atoms with Crippen LogP contribution >= 0.6 is 0 Å². The first-order valence-electron chi connectivity index (χ1n) is 9.99. The second-order valence-electron chi connectivity index (χ2n) is 8.81. The first-order chi connectivity index (χ1) is 13.5. The quantitative estimate of drug-likeness (QED) is 0.623. The third-order valence-electron chi connectivity index (χ3n) is 6.70. The lowest BCUT2D eigenvalue weighted by atomic mass is 9.53. The summed E-state index contributed by atoms with van der Waals surface area (Å²) in [6.07, 6.45) is 9.32. The predicted octanol–water partition coefficient (Wildman–Crippen LogP) is 3.88. The van der Waals surface area contributed by atoms with Crippen molar-refractivity contribution in [2.45, 2.75) is 44.1 Å². The maximum atomic E-state index is 11.0. The number of carboxylic acid groups (broad SMARTS) is 1. The van der Waals surface area contributed by atoms with Gasteiger partial charge >= 0.3 is 5.97 Å². The van der Waals surface area contributed by atoms with Gasteiger partial charge in [0.1, 0.15) is 12.0 Å². The predicted molar refractivity (Wildman–Crippen MR) is 108 cm³/mol. The minimum Gasteiger partial charge on any atom is -0.478 e. The fourth-order valence-electron chi connectivity index (χ4n) is 5.94. The maximum Gasteiger partial charge on any atom is 0.335 e. The van der Waals surface area contributed by atoms with Crippen molar-refractivity contribution in [3.63, 3.8) is 0 Å². The summed E-state index contributed by atoms with van der Waals surface area (Å²) in [5.41, 5.74) is 7.99. The molecule has 4 bridgehead atoms. The minimum atomic E-state index is -0.949. The largest absolute Gasteiger partial charge is 0.478 e. The highest BCUT2D eigenvalue weighted by molar-refractivity contribution is 5.88. The number of rotatable bonds is 5. The summed E-state index contributed by atoms with van der Waals surface area (Å²) in [5, 5.41) is 15.9. The molecule has 7 nitrogen and oxygen atoms in total. The molecule has 0 unspecified atom stereocenters. The lowest BCUT2D eigenvalue weighted by Gasteiger charge is -2.57. The van der Waals surface area contributed by atoms with Gasteiger partial charge in [-0.2, -0.15) is 0 Å². The van der Waals surface area contributed by atoms with Crippen LogP contribution in [0.5, 0.6) is 0 Å². The molecular weight excluding hydrogens is 354 g/mol.